The van der Waals surface area contributed by atoms with E-state index in [0.717, 1.165) is 21.7 Å². The molecule has 0 N–H and O–H groups in total. The van der Waals surface area contributed by atoms with Crippen LogP contribution in [0.3, 0.4) is 0 Å². The molecule has 4 rings (SSSR count). The van der Waals surface area contributed by atoms with Crippen LogP contribution >= 0.6 is 16.6 Å². The molecule has 0 atom stereocenters. The molecule has 0 aliphatic carbocycles. The van der Waals surface area contributed by atoms with E-state index in [1.165, 1.54) is 22.6 Å². The number of carbonyl (C=O) groups excluding carboxylic acids is 1. The summed E-state index contributed by atoms with van der Waals surface area (Å²) in [5.41, 5.74) is 2.34. The number of sulfonamides is 1. The molecule has 4 nitrogen and oxygen atoms in total. The number of aryl methyl sites for hydroxylation is 1. The van der Waals surface area contributed by atoms with E-state index in [2.05, 4.69) is 0 Å². The molecule has 0 saturated carbocycles. The Labute approximate surface area is 234 Å². The van der Waals surface area contributed by atoms with Gasteiger partial charge in [0.1, 0.15) is 0 Å². The lowest BCUT2D eigenvalue weighted by Gasteiger charge is -2.29. The third-order valence-corrected chi connectivity index (χ3v) is 15.2. The van der Waals surface area contributed by atoms with Crippen LogP contribution in [0.2, 0.25) is 0 Å². The molecule has 8 heteroatoms. The predicted octanol–water partition coefficient (Wildman–Crippen LogP) is 6.60. The van der Waals surface area contributed by atoms with Crippen LogP contribution in [0.1, 0.15) is 28.4 Å². The van der Waals surface area contributed by atoms with Crippen LogP contribution in [-0.4, -0.2) is 25.6 Å². The highest BCUT2D eigenvalue weighted by Gasteiger charge is 2.30. The molecule has 38 heavy (non-hydrogen) atoms. The molecule has 0 saturated heterocycles. The van der Waals surface area contributed by atoms with E-state index in [-0.39, 0.29) is 10.7 Å². The van der Waals surface area contributed by atoms with Crippen LogP contribution in [-0.2, 0) is 21.8 Å². The second-order valence-corrected chi connectivity index (χ2v) is 18.0. The van der Waals surface area contributed by atoms with Crippen LogP contribution in [0.4, 0.5) is 0 Å². The Kier molecular flexibility index (Phi) is 8.74. The van der Waals surface area contributed by atoms with Gasteiger partial charge in [-0.05, 0) is 48.2 Å². The zero-order valence-corrected chi connectivity index (χ0v) is 24.7. The fourth-order valence-corrected chi connectivity index (χ4v) is 11.7. The maximum Gasteiger partial charge on any atom is 0.264 e. The van der Waals surface area contributed by atoms with Crippen molar-refractivity contribution in [1.29, 1.82) is 0 Å². The first-order chi connectivity index (χ1) is 18.1. The fraction of sp³-hybridized carbons (Fsp3) is 0.100. The Morgan fingerprint density at radius 2 is 1.32 bits per heavy atom. The monoisotopic (exact) mass is 577 g/mol. The fourth-order valence-electron chi connectivity index (χ4n) is 3.75. The van der Waals surface area contributed by atoms with Crippen molar-refractivity contribution in [2.24, 2.45) is 0 Å². The molecule has 0 fully saturated rings. The summed E-state index contributed by atoms with van der Waals surface area (Å²) >= 11 is 7.83. The Hall–Kier alpha value is -2.96. The number of Topliss-reactive ketones (excluding diaryl/α,β-unsaturated/α-hetero) is 1. The molecule has 0 spiro atoms. The van der Waals surface area contributed by atoms with Crippen molar-refractivity contribution in [3.05, 3.63) is 131 Å². The molecule has 4 aromatic carbocycles. The van der Waals surface area contributed by atoms with Gasteiger partial charge in [-0.2, -0.15) is 0 Å². The Bertz CT molecular complexity index is 1560. The van der Waals surface area contributed by atoms with E-state index < -0.39 is 15.3 Å². The minimum Gasteiger partial charge on any atom is -0.295 e. The highest BCUT2D eigenvalue weighted by molar-refractivity contribution is 8.76. The highest BCUT2D eigenvalue weighted by atomic mass is 32.9. The van der Waals surface area contributed by atoms with Gasteiger partial charge in [-0.1, -0.05) is 126 Å². The molecule has 0 unspecified atom stereocenters. The van der Waals surface area contributed by atoms with Crippen LogP contribution < -0.4 is 10.6 Å². The summed E-state index contributed by atoms with van der Waals surface area (Å²) in [5.74, 6) is -0.0298. The number of ketones is 1. The summed E-state index contributed by atoms with van der Waals surface area (Å²) in [7, 11) is -2.31. The molecular formula is C30H28NO3PS3. The van der Waals surface area contributed by atoms with Crippen LogP contribution in [0.5, 0.6) is 0 Å². The number of rotatable bonds is 9. The van der Waals surface area contributed by atoms with E-state index in [1.54, 1.807) is 43.4 Å². The summed E-state index contributed by atoms with van der Waals surface area (Å²) < 4.78 is 28.9. The first-order valence-electron chi connectivity index (χ1n) is 11.9. The third-order valence-electron chi connectivity index (χ3n) is 6.01. The van der Waals surface area contributed by atoms with Gasteiger partial charge < -0.3 is 0 Å². The average molecular weight is 578 g/mol. The number of benzene rings is 4. The van der Waals surface area contributed by atoms with Crippen molar-refractivity contribution in [3.63, 3.8) is 0 Å². The van der Waals surface area contributed by atoms with Crippen molar-refractivity contribution < 1.29 is 13.2 Å². The lowest BCUT2D eigenvalue weighted by molar-refractivity contribution is 0.101. The van der Waals surface area contributed by atoms with Gasteiger partial charge in [0.2, 0.25) is 0 Å². The number of hydrogen-bond donors (Lipinski definition) is 0. The van der Waals surface area contributed by atoms with E-state index in [1.807, 2.05) is 85.8 Å². The average Bonchev–Trinajstić information content (AvgIpc) is 2.93. The zero-order chi connectivity index (χ0) is 27.3. The van der Waals surface area contributed by atoms with Crippen molar-refractivity contribution >= 4 is 60.9 Å². The number of nitrogens with zero attached hydrogens (tertiary/aromatic N) is 1. The Morgan fingerprint density at radius 1 is 0.816 bits per heavy atom. The summed E-state index contributed by atoms with van der Waals surface area (Å²) in [5, 5.41) is -0.0923. The molecule has 0 radical (unpaired) electrons. The molecule has 0 heterocycles. The van der Waals surface area contributed by atoms with Crippen LogP contribution in [0.15, 0.2) is 119 Å². The molecule has 0 aliphatic rings. The Morgan fingerprint density at radius 3 is 1.79 bits per heavy atom. The quantitative estimate of drug-likeness (QED) is 0.166. The topological polar surface area (TPSA) is 54.5 Å². The number of hydrogen-bond acceptors (Lipinski definition) is 5. The van der Waals surface area contributed by atoms with Gasteiger partial charge in [0, 0.05) is 12.6 Å². The maximum atomic E-state index is 13.8. The van der Waals surface area contributed by atoms with Crippen LogP contribution in [0.25, 0.3) is 6.08 Å². The number of carbonyl (C=O) groups is 1. The van der Waals surface area contributed by atoms with Crippen molar-refractivity contribution in [2.75, 3.05) is 7.05 Å². The standard InChI is InChI=1S/C30H28NO3PS3/c1-23-14-20-29(21-15-23)38(33,34)31(3)30(22-25-16-18-26(19-17-25)24(2)32)37-35(36,27-10-6-4-7-11-27)28-12-8-5-9-13-28/h4-22H,1-3H3/b30-22+. The van der Waals surface area contributed by atoms with Gasteiger partial charge in [-0.25, -0.2) is 8.42 Å². The molecule has 0 aromatic heterocycles. The van der Waals surface area contributed by atoms with Gasteiger partial charge in [-0.3, -0.25) is 9.10 Å². The summed E-state index contributed by atoms with van der Waals surface area (Å²) in [6.07, 6.45) is 1.83. The second-order valence-electron chi connectivity index (χ2n) is 8.76. The summed E-state index contributed by atoms with van der Waals surface area (Å²) in [6, 6.07) is 33.7. The summed E-state index contributed by atoms with van der Waals surface area (Å²) in [4.78, 5) is 12.0. The van der Waals surface area contributed by atoms with Crippen molar-refractivity contribution in [1.82, 2.24) is 4.31 Å². The molecular weight excluding hydrogens is 550 g/mol. The molecule has 0 bridgehead atoms. The zero-order valence-electron chi connectivity index (χ0n) is 21.3. The smallest absolute Gasteiger partial charge is 0.264 e. The minimum atomic E-state index is -3.87. The normalized spacial score (nSPS) is 12.2. The maximum absolute atomic E-state index is 13.8. The van der Waals surface area contributed by atoms with E-state index in [4.69, 9.17) is 11.8 Å². The molecule has 4 aromatic rings. The molecule has 0 amide bonds. The van der Waals surface area contributed by atoms with E-state index in [0.29, 0.717) is 10.6 Å². The van der Waals surface area contributed by atoms with E-state index >= 15 is 0 Å². The lowest BCUT2D eigenvalue weighted by Crippen LogP contribution is -2.26. The van der Waals surface area contributed by atoms with Gasteiger partial charge >= 0.3 is 0 Å². The Balaban J connectivity index is 1.87. The van der Waals surface area contributed by atoms with Gasteiger partial charge in [0.15, 0.2) is 5.78 Å². The minimum absolute atomic E-state index is 0.0298. The molecule has 0 aliphatic heterocycles. The first kappa shape index (κ1) is 28.1. The largest absolute Gasteiger partial charge is 0.295 e. The summed E-state index contributed by atoms with van der Waals surface area (Å²) in [6.45, 7) is 3.44. The third kappa shape index (κ3) is 6.19. The highest BCUT2D eigenvalue weighted by Crippen LogP contribution is 2.61. The lowest BCUT2D eigenvalue weighted by atomic mass is 10.1. The predicted molar refractivity (Wildman–Crippen MR) is 165 cm³/mol. The van der Waals surface area contributed by atoms with Crippen molar-refractivity contribution in [3.8, 4) is 0 Å². The van der Waals surface area contributed by atoms with Gasteiger partial charge in [0.05, 0.1) is 15.2 Å². The van der Waals surface area contributed by atoms with Crippen LogP contribution in [0, 0.1) is 6.92 Å². The first-order valence-corrected chi connectivity index (χ1v) is 17.6. The van der Waals surface area contributed by atoms with Gasteiger partial charge in [0.25, 0.3) is 10.0 Å². The molecule has 194 valence electrons. The van der Waals surface area contributed by atoms with Gasteiger partial charge in [-0.15, -0.1) is 0 Å². The van der Waals surface area contributed by atoms with E-state index in [9.17, 15) is 13.2 Å². The van der Waals surface area contributed by atoms with Crippen molar-refractivity contribution in [2.45, 2.75) is 18.7 Å². The second kappa shape index (κ2) is 11.8. The SMILES string of the molecule is CC(=O)c1ccc(/C=C(/SP(=S)(c2ccccc2)c2ccccc2)N(C)S(=O)(=O)c2ccc(C)cc2)cc1.